The SMILES string of the molecule is Cc1nn(C)c(C)c1C(N)Cc1nccn1C. The van der Waals surface area contributed by atoms with Crippen LogP contribution in [0.4, 0.5) is 0 Å². The molecule has 0 aliphatic heterocycles. The molecule has 2 N–H and O–H groups in total. The molecule has 0 aliphatic carbocycles. The lowest BCUT2D eigenvalue weighted by Crippen LogP contribution is -2.17. The van der Waals surface area contributed by atoms with Crippen LogP contribution in [-0.4, -0.2) is 19.3 Å². The number of aryl methyl sites for hydroxylation is 3. The highest BCUT2D eigenvalue weighted by Gasteiger charge is 2.18. The normalized spacial score (nSPS) is 13.0. The highest BCUT2D eigenvalue weighted by atomic mass is 15.3. The molecule has 0 saturated carbocycles. The largest absolute Gasteiger partial charge is 0.338 e. The van der Waals surface area contributed by atoms with E-state index in [2.05, 4.69) is 10.1 Å². The lowest BCUT2D eigenvalue weighted by Gasteiger charge is -2.12. The fourth-order valence-electron chi connectivity index (χ4n) is 2.22. The molecule has 5 heteroatoms. The molecule has 0 radical (unpaired) electrons. The average molecular weight is 233 g/mol. The number of hydrogen-bond donors (Lipinski definition) is 1. The summed E-state index contributed by atoms with van der Waals surface area (Å²) < 4.78 is 3.88. The minimum absolute atomic E-state index is 0.0511. The molecule has 0 amide bonds. The van der Waals surface area contributed by atoms with E-state index >= 15 is 0 Å². The Morgan fingerprint density at radius 2 is 2.06 bits per heavy atom. The Labute approximate surface area is 101 Å². The molecule has 1 atom stereocenters. The van der Waals surface area contributed by atoms with E-state index in [1.807, 2.05) is 43.4 Å². The van der Waals surface area contributed by atoms with E-state index in [9.17, 15) is 0 Å². The zero-order valence-corrected chi connectivity index (χ0v) is 10.8. The summed E-state index contributed by atoms with van der Waals surface area (Å²) >= 11 is 0. The summed E-state index contributed by atoms with van der Waals surface area (Å²) in [5.41, 5.74) is 9.53. The van der Waals surface area contributed by atoms with Gasteiger partial charge in [-0.3, -0.25) is 4.68 Å². The van der Waals surface area contributed by atoms with Crippen molar-refractivity contribution in [1.29, 1.82) is 0 Å². The molecule has 0 spiro atoms. The molecule has 92 valence electrons. The van der Waals surface area contributed by atoms with Gasteiger partial charge in [0, 0.05) is 50.2 Å². The lowest BCUT2D eigenvalue weighted by atomic mass is 10.0. The second-order valence-corrected chi connectivity index (χ2v) is 4.47. The molecular formula is C12H19N5. The zero-order chi connectivity index (χ0) is 12.6. The van der Waals surface area contributed by atoms with Crippen molar-refractivity contribution in [3.05, 3.63) is 35.2 Å². The fraction of sp³-hybridized carbons (Fsp3) is 0.500. The second kappa shape index (κ2) is 4.33. The van der Waals surface area contributed by atoms with Crippen LogP contribution in [-0.2, 0) is 20.5 Å². The summed E-state index contributed by atoms with van der Waals surface area (Å²) in [6.45, 7) is 4.05. The summed E-state index contributed by atoms with van der Waals surface area (Å²) in [7, 11) is 3.93. The molecule has 0 saturated heterocycles. The Morgan fingerprint density at radius 1 is 1.35 bits per heavy atom. The van der Waals surface area contributed by atoms with E-state index in [-0.39, 0.29) is 6.04 Å². The van der Waals surface area contributed by atoms with Crippen molar-refractivity contribution in [3.8, 4) is 0 Å². The quantitative estimate of drug-likeness (QED) is 0.860. The fourth-order valence-corrected chi connectivity index (χ4v) is 2.22. The number of rotatable bonds is 3. The number of nitrogens with zero attached hydrogens (tertiary/aromatic N) is 4. The second-order valence-electron chi connectivity index (χ2n) is 4.47. The van der Waals surface area contributed by atoms with E-state index in [4.69, 9.17) is 5.73 Å². The van der Waals surface area contributed by atoms with Gasteiger partial charge in [-0.15, -0.1) is 0 Å². The van der Waals surface area contributed by atoms with Crippen LogP contribution in [0, 0.1) is 13.8 Å². The van der Waals surface area contributed by atoms with E-state index in [0.717, 1.165) is 29.2 Å². The molecule has 1 unspecified atom stereocenters. The molecule has 2 heterocycles. The Morgan fingerprint density at radius 3 is 2.53 bits per heavy atom. The van der Waals surface area contributed by atoms with Gasteiger partial charge in [-0.05, 0) is 13.8 Å². The van der Waals surface area contributed by atoms with Gasteiger partial charge in [0.25, 0.3) is 0 Å². The predicted molar refractivity (Wildman–Crippen MR) is 66.5 cm³/mol. The minimum atomic E-state index is -0.0511. The number of nitrogens with two attached hydrogens (primary N) is 1. The first kappa shape index (κ1) is 11.9. The molecule has 0 aliphatic rings. The van der Waals surface area contributed by atoms with Crippen molar-refractivity contribution in [2.45, 2.75) is 26.3 Å². The molecule has 0 bridgehead atoms. The molecule has 2 aromatic rings. The Bertz CT molecular complexity index is 523. The summed E-state index contributed by atoms with van der Waals surface area (Å²) in [5.74, 6) is 1.00. The van der Waals surface area contributed by atoms with Crippen LogP contribution < -0.4 is 5.73 Å². The van der Waals surface area contributed by atoms with Gasteiger partial charge in [-0.25, -0.2) is 4.98 Å². The van der Waals surface area contributed by atoms with Gasteiger partial charge < -0.3 is 10.3 Å². The van der Waals surface area contributed by atoms with E-state index in [1.165, 1.54) is 0 Å². The maximum Gasteiger partial charge on any atom is 0.110 e. The molecule has 0 aromatic carbocycles. The van der Waals surface area contributed by atoms with E-state index in [0.29, 0.717) is 0 Å². The van der Waals surface area contributed by atoms with Crippen molar-refractivity contribution >= 4 is 0 Å². The molecule has 0 fully saturated rings. The van der Waals surface area contributed by atoms with Gasteiger partial charge in [-0.1, -0.05) is 0 Å². The Balaban J connectivity index is 2.26. The summed E-state index contributed by atoms with van der Waals surface area (Å²) in [6.07, 6.45) is 4.47. The third kappa shape index (κ3) is 2.10. The van der Waals surface area contributed by atoms with Crippen molar-refractivity contribution in [2.75, 3.05) is 0 Å². The molecule has 5 nitrogen and oxygen atoms in total. The standard InChI is InChI=1S/C12H19N5/c1-8-12(9(2)17(4)15-8)10(13)7-11-14-5-6-16(11)3/h5-6,10H,7,13H2,1-4H3. The van der Waals surface area contributed by atoms with Crippen LogP contribution >= 0.6 is 0 Å². The molecule has 2 rings (SSSR count). The Hall–Kier alpha value is -1.62. The van der Waals surface area contributed by atoms with E-state index in [1.54, 1.807) is 6.20 Å². The number of hydrogen-bond acceptors (Lipinski definition) is 3. The summed E-state index contributed by atoms with van der Waals surface area (Å²) in [5, 5.41) is 4.39. The van der Waals surface area contributed by atoms with Crippen LogP contribution in [0.3, 0.4) is 0 Å². The van der Waals surface area contributed by atoms with Crippen molar-refractivity contribution in [2.24, 2.45) is 19.8 Å². The number of aromatic nitrogens is 4. The highest BCUT2D eigenvalue weighted by molar-refractivity contribution is 5.28. The van der Waals surface area contributed by atoms with Crippen LogP contribution in [0.2, 0.25) is 0 Å². The van der Waals surface area contributed by atoms with Crippen molar-refractivity contribution < 1.29 is 0 Å². The monoisotopic (exact) mass is 233 g/mol. The van der Waals surface area contributed by atoms with Crippen LogP contribution in [0.1, 0.15) is 28.8 Å². The molecule has 2 aromatic heterocycles. The Kier molecular flexibility index (Phi) is 3.02. The topological polar surface area (TPSA) is 61.7 Å². The summed E-state index contributed by atoms with van der Waals surface area (Å²) in [4.78, 5) is 4.30. The van der Waals surface area contributed by atoms with Gasteiger partial charge in [-0.2, -0.15) is 5.10 Å². The predicted octanol–water partition coefficient (Wildman–Crippen LogP) is 1.01. The van der Waals surface area contributed by atoms with Crippen molar-refractivity contribution in [3.63, 3.8) is 0 Å². The first-order valence-corrected chi connectivity index (χ1v) is 5.72. The van der Waals surface area contributed by atoms with Gasteiger partial charge in [0.2, 0.25) is 0 Å². The maximum absolute atomic E-state index is 6.26. The van der Waals surface area contributed by atoms with Crippen molar-refractivity contribution in [1.82, 2.24) is 19.3 Å². The highest BCUT2D eigenvalue weighted by Crippen LogP contribution is 2.21. The first-order valence-electron chi connectivity index (χ1n) is 5.72. The first-order chi connectivity index (χ1) is 8.00. The molecule has 17 heavy (non-hydrogen) atoms. The minimum Gasteiger partial charge on any atom is -0.338 e. The molecular weight excluding hydrogens is 214 g/mol. The third-order valence-electron chi connectivity index (χ3n) is 3.26. The smallest absolute Gasteiger partial charge is 0.110 e. The maximum atomic E-state index is 6.26. The average Bonchev–Trinajstić information content (AvgIpc) is 2.74. The van der Waals surface area contributed by atoms with Gasteiger partial charge >= 0.3 is 0 Å². The third-order valence-corrected chi connectivity index (χ3v) is 3.26. The van der Waals surface area contributed by atoms with Gasteiger partial charge in [0.1, 0.15) is 5.82 Å². The zero-order valence-electron chi connectivity index (χ0n) is 10.8. The van der Waals surface area contributed by atoms with Gasteiger partial charge in [0.15, 0.2) is 0 Å². The van der Waals surface area contributed by atoms with Gasteiger partial charge in [0.05, 0.1) is 5.69 Å². The lowest BCUT2D eigenvalue weighted by molar-refractivity contribution is 0.650. The van der Waals surface area contributed by atoms with Crippen LogP contribution in [0.25, 0.3) is 0 Å². The summed E-state index contributed by atoms with van der Waals surface area (Å²) in [6, 6.07) is -0.0511. The van der Waals surface area contributed by atoms with E-state index < -0.39 is 0 Å². The van der Waals surface area contributed by atoms with Crippen LogP contribution in [0.15, 0.2) is 12.4 Å². The number of imidazole rings is 1. The van der Waals surface area contributed by atoms with Crippen LogP contribution in [0.5, 0.6) is 0 Å².